The van der Waals surface area contributed by atoms with E-state index in [1.807, 2.05) is 0 Å². The van der Waals surface area contributed by atoms with Crippen LogP contribution in [0.1, 0.15) is 38.5 Å². The van der Waals surface area contributed by atoms with Gasteiger partial charge in [0.2, 0.25) is 5.91 Å². The first kappa shape index (κ1) is 12.8. The average molecular weight is 239 g/mol. The van der Waals surface area contributed by atoms with Crippen LogP contribution in [0.15, 0.2) is 0 Å². The number of carbonyl (C=O) groups excluding carboxylic acids is 1. The second-order valence-electron chi connectivity index (χ2n) is 5.13. The van der Waals surface area contributed by atoms with Crippen molar-refractivity contribution in [2.24, 2.45) is 5.92 Å². The maximum Gasteiger partial charge on any atom is 0.220 e. The van der Waals surface area contributed by atoms with Crippen molar-refractivity contribution in [1.29, 1.82) is 0 Å². The number of rotatable bonds is 4. The van der Waals surface area contributed by atoms with Gasteiger partial charge in [-0.25, -0.2) is 5.32 Å². The lowest BCUT2D eigenvalue weighted by Gasteiger charge is -2.24. The second kappa shape index (κ2) is 6.97. The van der Waals surface area contributed by atoms with Crippen LogP contribution in [0.3, 0.4) is 0 Å². The van der Waals surface area contributed by atoms with Crippen molar-refractivity contribution in [3.05, 3.63) is 0 Å². The van der Waals surface area contributed by atoms with Crippen LogP contribution < -0.4 is 10.6 Å². The Morgan fingerprint density at radius 2 is 2.12 bits per heavy atom. The van der Waals surface area contributed by atoms with Gasteiger partial charge in [-0.1, -0.05) is 0 Å². The predicted octanol–water partition coefficient (Wildman–Crippen LogP) is 1.08. The van der Waals surface area contributed by atoms with Crippen LogP contribution in [0.25, 0.3) is 0 Å². The number of nitrogens with zero attached hydrogens (tertiary/aromatic N) is 1. The van der Waals surface area contributed by atoms with Gasteiger partial charge in [0.05, 0.1) is 0 Å². The molecule has 2 fully saturated rings. The van der Waals surface area contributed by atoms with Crippen molar-refractivity contribution in [2.45, 2.75) is 44.6 Å². The minimum Gasteiger partial charge on any atom is -0.381 e. The van der Waals surface area contributed by atoms with Crippen molar-refractivity contribution < 1.29 is 9.53 Å². The highest BCUT2D eigenvalue weighted by molar-refractivity contribution is 5.76. The standard InChI is InChI=1S/C13H23N2O2/c16-13(15-12-5-8-17-9-6-12)4-3-11-2-1-7-14-10-11/h11-12H,1-10H2,(H,15,16). The molecular formula is C13H23N2O2. The summed E-state index contributed by atoms with van der Waals surface area (Å²) in [5.74, 6) is 0.853. The third-order valence-corrected chi connectivity index (χ3v) is 3.68. The van der Waals surface area contributed by atoms with Gasteiger partial charge >= 0.3 is 0 Å². The Bertz CT molecular complexity index is 234. The van der Waals surface area contributed by atoms with E-state index in [2.05, 4.69) is 10.6 Å². The summed E-state index contributed by atoms with van der Waals surface area (Å²) in [5.41, 5.74) is 0. The fraction of sp³-hybridized carbons (Fsp3) is 0.923. The Morgan fingerprint density at radius 3 is 2.82 bits per heavy atom. The second-order valence-corrected chi connectivity index (χ2v) is 5.13. The molecule has 2 aliphatic rings. The van der Waals surface area contributed by atoms with Crippen LogP contribution in [0.5, 0.6) is 0 Å². The van der Waals surface area contributed by atoms with Crippen molar-refractivity contribution in [2.75, 3.05) is 26.3 Å². The van der Waals surface area contributed by atoms with E-state index in [1.54, 1.807) is 0 Å². The van der Waals surface area contributed by atoms with E-state index in [0.29, 0.717) is 18.4 Å². The number of piperidine rings is 1. The van der Waals surface area contributed by atoms with Gasteiger partial charge in [0.15, 0.2) is 0 Å². The summed E-state index contributed by atoms with van der Waals surface area (Å²) in [5, 5.41) is 7.51. The molecule has 1 radical (unpaired) electrons. The van der Waals surface area contributed by atoms with Gasteiger partial charge < -0.3 is 10.1 Å². The van der Waals surface area contributed by atoms with Gasteiger partial charge in [-0.05, 0) is 38.0 Å². The molecule has 1 N–H and O–H groups in total. The van der Waals surface area contributed by atoms with E-state index >= 15 is 0 Å². The average Bonchev–Trinajstić information content (AvgIpc) is 2.39. The molecule has 0 aromatic heterocycles. The lowest BCUT2D eigenvalue weighted by Crippen LogP contribution is -2.39. The zero-order valence-electron chi connectivity index (χ0n) is 10.5. The molecular weight excluding hydrogens is 216 g/mol. The molecule has 1 atom stereocenters. The van der Waals surface area contributed by atoms with E-state index in [-0.39, 0.29) is 5.91 Å². The summed E-state index contributed by atoms with van der Waals surface area (Å²) in [6.07, 6.45) is 6.03. The summed E-state index contributed by atoms with van der Waals surface area (Å²) < 4.78 is 5.27. The molecule has 0 saturated carbocycles. The Kier molecular flexibility index (Phi) is 5.26. The van der Waals surface area contributed by atoms with E-state index in [9.17, 15) is 4.79 Å². The number of carbonyl (C=O) groups is 1. The van der Waals surface area contributed by atoms with Crippen molar-refractivity contribution in [3.63, 3.8) is 0 Å². The molecule has 0 aromatic rings. The Balaban J connectivity index is 1.59. The van der Waals surface area contributed by atoms with Crippen LogP contribution in [-0.2, 0) is 9.53 Å². The van der Waals surface area contributed by atoms with Crippen LogP contribution >= 0.6 is 0 Å². The van der Waals surface area contributed by atoms with Crippen LogP contribution in [0, 0.1) is 5.92 Å². The minimum atomic E-state index is 0.211. The molecule has 0 bridgehead atoms. The topological polar surface area (TPSA) is 52.4 Å². The molecule has 97 valence electrons. The smallest absolute Gasteiger partial charge is 0.220 e. The lowest BCUT2D eigenvalue weighted by atomic mass is 9.94. The van der Waals surface area contributed by atoms with Crippen LogP contribution in [0.4, 0.5) is 0 Å². The third-order valence-electron chi connectivity index (χ3n) is 3.68. The molecule has 4 nitrogen and oxygen atoms in total. The Labute approximate surface area is 103 Å². The van der Waals surface area contributed by atoms with Crippen molar-refractivity contribution in [3.8, 4) is 0 Å². The molecule has 0 spiro atoms. The number of ether oxygens (including phenoxy) is 1. The summed E-state index contributed by atoms with van der Waals surface area (Å²) in [4.78, 5) is 11.8. The van der Waals surface area contributed by atoms with Gasteiger partial charge in [-0.15, -0.1) is 0 Å². The molecule has 17 heavy (non-hydrogen) atoms. The quantitative estimate of drug-likeness (QED) is 0.798. The van der Waals surface area contributed by atoms with Gasteiger partial charge in [0, 0.05) is 38.8 Å². The zero-order valence-corrected chi connectivity index (χ0v) is 10.5. The van der Waals surface area contributed by atoms with Gasteiger partial charge in [0.25, 0.3) is 0 Å². The fourth-order valence-corrected chi connectivity index (χ4v) is 2.57. The first-order chi connectivity index (χ1) is 8.34. The zero-order chi connectivity index (χ0) is 11.9. The number of hydrogen-bond donors (Lipinski definition) is 1. The van der Waals surface area contributed by atoms with E-state index in [0.717, 1.165) is 45.6 Å². The van der Waals surface area contributed by atoms with Crippen LogP contribution in [-0.4, -0.2) is 38.3 Å². The highest BCUT2D eigenvalue weighted by Crippen LogP contribution is 2.16. The maximum absolute atomic E-state index is 11.8. The predicted molar refractivity (Wildman–Crippen MR) is 65.8 cm³/mol. The molecule has 0 aromatic carbocycles. The highest BCUT2D eigenvalue weighted by atomic mass is 16.5. The number of hydrogen-bond acceptors (Lipinski definition) is 2. The van der Waals surface area contributed by atoms with Crippen molar-refractivity contribution in [1.82, 2.24) is 10.6 Å². The van der Waals surface area contributed by atoms with Crippen molar-refractivity contribution >= 4 is 5.91 Å². The summed E-state index contributed by atoms with van der Waals surface area (Å²) in [6, 6.07) is 0.340. The summed E-state index contributed by atoms with van der Waals surface area (Å²) in [7, 11) is 0. The Hall–Kier alpha value is -0.610. The molecule has 1 unspecified atom stereocenters. The molecule has 0 aliphatic carbocycles. The van der Waals surface area contributed by atoms with E-state index < -0.39 is 0 Å². The molecule has 2 heterocycles. The maximum atomic E-state index is 11.8. The minimum absolute atomic E-state index is 0.211. The van der Waals surface area contributed by atoms with Gasteiger partial charge in [-0.2, -0.15) is 0 Å². The normalized spacial score (nSPS) is 26.7. The highest BCUT2D eigenvalue weighted by Gasteiger charge is 2.18. The first-order valence-corrected chi connectivity index (χ1v) is 6.85. The molecule has 1 amide bonds. The first-order valence-electron chi connectivity index (χ1n) is 6.85. The Morgan fingerprint density at radius 1 is 1.29 bits per heavy atom. The molecule has 2 aliphatic heterocycles. The molecule has 2 rings (SSSR count). The lowest BCUT2D eigenvalue weighted by molar-refractivity contribution is -0.122. The van der Waals surface area contributed by atoms with Gasteiger partial charge in [0.1, 0.15) is 0 Å². The SMILES string of the molecule is O=C(CCC1CCC[N]C1)NC1CCOCC1. The van der Waals surface area contributed by atoms with Gasteiger partial charge in [-0.3, -0.25) is 4.79 Å². The number of nitrogens with one attached hydrogen (secondary N) is 1. The van der Waals surface area contributed by atoms with E-state index in [1.165, 1.54) is 12.8 Å². The molecule has 2 saturated heterocycles. The molecule has 4 heteroatoms. The fourth-order valence-electron chi connectivity index (χ4n) is 2.57. The summed E-state index contributed by atoms with van der Waals surface area (Å²) in [6.45, 7) is 3.55. The summed E-state index contributed by atoms with van der Waals surface area (Å²) >= 11 is 0. The van der Waals surface area contributed by atoms with Crippen LogP contribution in [0.2, 0.25) is 0 Å². The largest absolute Gasteiger partial charge is 0.381 e. The third kappa shape index (κ3) is 4.64. The number of amides is 1. The van der Waals surface area contributed by atoms with E-state index in [4.69, 9.17) is 4.74 Å². The monoisotopic (exact) mass is 239 g/mol.